The number of hydrogen-bond donors (Lipinski definition) is 2. The van der Waals surface area contributed by atoms with Crippen molar-refractivity contribution in [3.05, 3.63) is 29.3 Å². The SMILES string of the molecule is CC[C@@H](NC(=O)COc1cc(C)ccc1C)C(=O)O. The van der Waals surface area contributed by atoms with E-state index in [0.29, 0.717) is 12.2 Å². The Morgan fingerprint density at radius 1 is 1.37 bits per heavy atom. The van der Waals surface area contributed by atoms with Crippen LogP contribution in [0.15, 0.2) is 18.2 Å². The van der Waals surface area contributed by atoms with Crippen LogP contribution in [0.1, 0.15) is 24.5 Å². The van der Waals surface area contributed by atoms with Crippen molar-refractivity contribution >= 4 is 11.9 Å². The Balaban J connectivity index is 2.54. The molecule has 5 nitrogen and oxygen atoms in total. The first-order valence-corrected chi connectivity index (χ1v) is 6.16. The summed E-state index contributed by atoms with van der Waals surface area (Å²) in [4.78, 5) is 22.4. The molecule has 0 saturated carbocycles. The molecule has 0 aliphatic carbocycles. The van der Waals surface area contributed by atoms with Crippen molar-refractivity contribution in [1.29, 1.82) is 0 Å². The van der Waals surface area contributed by atoms with Crippen LogP contribution in [0.3, 0.4) is 0 Å². The van der Waals surface area contributed by atoms with Gasteiger partial charge in [-0.2, -0.15) is 0 Å². The van der Waals surface area contributed by atoms with Gasteiger partial charge in [0.05, 0.1) is 0 Å². The Morgan fingerprint density at radius 3 is 2.63 bits per heavy atom. The number of amides is 1. The highest BCUT2D eigenvalue weighted by atomic mass is 16.5. The summed E-state index contributed by atoms with van der Waals surface area (Å²) in [6, 6.07) is 4.85. The molecule has 0 aliphatic rings. The maximum atomic E-state index is 11.6. The average molecular weight is 265 g/mol. The van der Waals surface area contributed by atoms with E-state index in [-0.39, 0.29) is 6.61 Å². The van der Waals surface area contributed by atoms with Gasteiger partial charge in [0.1, 0.15) is 11.8 Å². The van der Waals surface area contributed by atoms with Crippen molar-refractivity contribution in [3.63, 3.8) is 0 Å². The van der Waals surface area contributed by atoms with Gasteiger partial charge in [-0.3, -0.25) is 4.79 Å². The molecule has 19 heavy (non-hydrogen) atoms. The minimum Gasteiger partial charge on any atom is -0.483 e. The standard InChI is InChI=1S/C14H19NO4/c1-4-11(14(17)18)15-13(16)8-19-12-7-9(2)5-6-10(12)3/h5-7,11H,4,8H2,1-3H3,(H,15,16)(H,17,18)/t11-/m1/s1. The Morgan fingerprint density at radius 2 is 2.05 bits per heavy atom. The number of rotatable bonds is 6. The van der Waals surface area contributed by atoms with Gasteiger partial charge in [0.15, 0.2) is 6.61 Å². The van der Waals surface area contributed by atoms with Gasteiger partial charge in [-0.1, -0.05) is 19.1 Å². The van der Waals surface area contributed by atoms with Crippen LogP contribution >= 0.6 is 0 Å². The van der Waals surface area contributed by atoms with Crippen LogP contribution in [-0.2, 0) is 9.59 Å². The Labute approximate surface area is 112 Å². The molecule has 0 aliphatic heterocycles. The molecule has 0 fully saturated rings. The second-order valence-electron chi connectivity index (χ2n) is 4.42. The first kappa shape index (κ1) is 15.0. The van der Waals surface area contributed by atoms with E-state index in [0.717, 1.165) is 11.1 Å². The fourth-order valence-electron chi connectivity index (χ4n) is 1.58. The van der Waals surface area contributed by atoms with E-state index >= 15 is 0 Å². The summed E-state index contributed by atoms with van der Waals surface area (Å²) in [5.74, 6) is -0.837. The summed E-state index contributed by atoms with van der Waals surface area (Å²) in [5.41, 5.74) is 1.97. The average Bonchev–Trinajstić information content (AvgIpc) is 2.36. The summed E-state index contributed by atoms with van der Waals surface area (Å²) in [5, 5.41) is 11.2. The van der Waals surface area contributed by atoms with Gasteiger partial charge < -0.3 is 15.2 Å². The summed E-state index contributed by atoms with van der Waals surface area (Å²) in [6.45, 7) is 5.33. The molecule has 0 heterocycles. The van der Waals surface area contributed by atoms with Gasteiger partial charge in [-0.05, 0) is 37.5 Å². The largest absolute Gasteiger partial charge is 0.483 e. The third-order valence-electron chi connectivity index (χ3n) is 2.74. The first-order chi connectivity index (χ1) is 8.93. The third kappa shape index (κ3) is 4.62. The van der Waals surface area contributed by atoms with Gasteiger partial charge in [-0.25, -0.2) is 4.79 Å². The maximum absolute atomic E-state index is 11.6. The van der Waals surface area contributed by atoms with Crippen molar-refractivity contribution < 1.29 is 19.4 Å². The molecule has 1 atom stereocenters. The number of aliphatic carboxylic acids is 1. The molecule has 1 rings (SSSR count). The van der Waals surface area contributed by atoms with E-state index in [1.807, 2.05) is 32.0 Å². The second-order valence-corrected chi connectivity index (χ2v) is 4.42. The molecule has 1 amide bonds. The lowest BCUT2D eigenvalue weighted by molar-refractivity contribution is -0.142. The Kier molecular flexibility index (Phi) is 5.36. The number of carboxylic acids is 1. The highest BCUT2D eigenvalue weighted by molar-refractivity contribution is 5.84. The van der Waals surface area contributed by atoms with Gasteiger partial charge in [0, 0.05) is 0 Å². The van der Waals surface area contributed by atoms with E-state index in [2.05, 4.69) is 5.32 Å². The van der Waals surface area contributed by atoms with Crippen molar-refractivity contribution in [2.45, 2.75) is 33.2 Å². The summed E-state index contributed by atoms with van der Waals surface area (Å²) in [6.07, 6.45) is 0.338. The predicted octanol–water partition coefficient (Wildman–Crippen LogP) is 1.66. The number of carbonyl (C=O) groups excluding carboxylic acids is 1. The number of benzene rings is 1. The van der Waals surface area contributed by atoms with Crippen LogP contribution in [0.25, 0.3) is 0 Å². The van der Waals surface area contributed by atoms with E-state index in [1.54, 1.807) is 6.92 Å². The van der Waals surface area contributed by atoms with Crippen LogP contribution < -0.4 is 10.1 Å². The Hall–Kier alpha value is -2.04. The zero-order valence-corrected chi connectivity index (χ0v) is 11.4. The molecule has 0 bridgehead atoms. The predicted molar refractivity (Wildman–Crippen MR) is 71.3 cm³/mol. The molecule has 2 N–H and O–H groups in total. The zero-order chi connectivity index (χ0) is 14.4. The molecule has 1 aromatic rings. The molecule has 1 aromatic carbocycles. The van der Waals surface area contributed by atoms with Crippen LogP contribution in [0.5, 0.6) is 5.75 Å². The summed E-state index contributed by atoms with van der Waals surface area (Å²) in [7, 11) is 0. The van der Waals surface area contributed by atoms with Crippen molar-refractivity contribution in [2.75, 3.05) is 6.61 Å². The van der Waals surface area contributed by atoms with E-state index < -0.39 is 17.9 Å². The van der Waals surface area contributed by atoms with Crippen LogP contribution in [0, 0.1) is 13.8 Å². The smallest absolute Gasteiger partial charge is 0.326 e. The van der Waals surface area contributed by atoms with Crippen molar-refractivity contribution in [3.8, 4) is 5.75 Å². The normalized spacial score (nSPS) is 11.7. The lowest BCUT2D eigenvalue weighted by atomic mass is 10.1. The van der Waals surface area contributed by atoms with Crippen LogP contribution in [0.2, 0.25) is 0 Å². The third-order valence-corrected chi connectivity index (χ3v) is 2.74. The molecule has 0 unspecified atom stereocenters. The summed E-state index contributed by atoms with van der Waals surface area (Å²) >= 11 is 0. The quantitative estimate of drug-likeness (QED) is 0.820. The van der Waals surface area contributed by atoms with Gasteiger partial charge >= 0.3 is 5.97 Å². The fraction of sp³-hybridized carbons (Fsp3) is 0.429. The fourth-order valence-corrected chi connectivity index (χ4v) is 1.58. The van der Waals surface area contributed by atoms with Gasteiger partial charge in [0.2, 0.25) is 0 Å². The maximum Gasteiger partial charge on any atom is 0.326 e. The molecule has 0 radical (unpaired) electrons. The Bertz CT molecular complexity index is 471. The van der Waals surface area contributed by atoms with Crippen LogP contribution in [-0.4, -0.2) is 29.6 Å². The number of nitrogens with one attached hydrogen (secondary N) is 1. The molecule has 0 saturated heterocycles. The van der Waals surface area contributed by atoms with Gasteiger partial charge in [-0.15, -0.1) is 0 Å². The molecular formula is C14H19NO4. The number of ether oxygens (including phenoxy) is 1. The highest BCUT2D eigenvalue weighted by Crippen LogP contribution is 2.18. The zero-order valence-electron chi connectivity index (χ0n) is 11.4. The lowest BCUT2D eigenvalue weighted by Crippen LogP contribution is -2.42. The first-order valence-electron chi connectivity index (χ1n) is 6.16. The summed E-state index contributed by atoms with van der Waals surface area (Å²) < 4.78 is 5.40. The minimum atomic E-state index is -1.04. The molecular weight excluding hydrogens is 246 g/mol. The van der Waals surface area contributed by atoms with E-state index in [4.69, 9.17) is 9.84 Å². The number of carbonyl (C=O) groups is 2. The van der Waals surface area contributed by atoms with E-state index in [9.17, 15) is 9.59 Å². The monoisotopic (exact) mass is 265 g/mol. The highest BCUT2D eigenvalue weighted by Gasteiger charge is 2.17. The van der Waals surface area contributed by atoms with E-state index in [1.165, 1.54) is 0 Å². The molecule has 0 aromatic heterocycles. The minimum absolute atomic E-state index is 0.186. The second kappa shape index (κ2) is 6.78. The molecule has 0 spiro atoms. The number of aryl methyl sites for hydroxylation is 2. The number of carboxylic acid groups (broad SMARTS) is 1. The van der Waals surface area contributed by atoms with Gasteiger partial charge in [0.25, 0.3) is 5.91 Å². The van der Waals surface area contributed by atoms with Crippen molar-refractivity contribution in [1.82, 2.24) is 5.32 Å². The number of hydrogen-bond acceptors (Lipinski definition) is 3. The topological polar surface area (TPSA) is 75.6 Å². The molecule has 104 valence electrons. The lowest BCUT2D eigenvalue weighted by Gasteiger charge is -2.13. The van der Waals surface area contributed by atoms with Crippen LogP contribution in [0.4, 0.5) is 0 Å². The van der Waals surface area contributed by atoms with Crippen molar-refractivity contribution in [2.24, 2.45) is 0 Å². The molecule has 5 heteroatoms.